The molecule has 21 heavy (non-hydrogen) atoms. The van der Waals surface area contributed by atoms with Crippen molar-refractivity contribution < 1.29 is 12.8 Å². The first kappa shape index (κ1) is 16.2. The van der Waals surface area contributed by atoms with Gasteiger partial charge in [0, 0.05) is 6.54 Å². The van der Waals surface area contributed by atoms with Crippen molar-refractivity contribution in [3.63, 3.8) is 0 Å². The quantitative estimate of drug-likeness (QED) is 0.839. The second kappa shape index (κ2) is 6.32. The molecule has 0 heterocycles. The Morgan fingerprint density at radius 2 is 1.90 bits per heavy atom. The lowest BCUT2D eigenvalue weighted by Gasteiger charge is -2.26. The Morgan fingerprint density at radius 1 is 1.29 bits per heavy atom. The van der Waals surface area contributed by atoms with E-state index in [1.165, 1.54) is 6.07 Å². The second-order valence-corrected chi connectivity index (χ2v) is 7.85. The molecule has 118 valence electrons. The van der Waals surface area contributed by atoms with Crippen LogP contribution in [0.2, 0.25) is 0 Å². The van der Waals surface area contributed by atoms with Crippen LogP contribution in [0.1, 0.15) is 38.2 Å². The van der Waals surface area contributed by atoms with Crippen molar-refractivity contribution in [1.82, 2.24) is 4.72 Å². The number of rotatable bonds is 4. The third-order valence-corrected chi connectivity index (χ3v) is 5.85. The highest BCUT2D eigenvalue weighted by atomic mass is 32.2. The van der Waals surface area contributed by atoms with Gasteiger partial charge in [-0.3, -0.25) is 0 Å². The monoisotopic (exact) mass is 314 g/mol. The maximum absolute atomic E-state index is 13.3. The van der Waals surface area contributed by atoms with E-state index in [0.717, 1.165) is 37.7 Å². The van der Waals surface area contributed by atoms with E-state index < -0.39 is 15.8 Å². The molecule has 6 heteroatoms. The Balaban J connectivity index is 2.07. The molecule has 0 spiro atoms. The summed E-state index contributed by atoms with van der Waals surface area (Å²) in [5.41, 5.74) is 5.69. The normalized spacial score (nSPS) is 23.2. The van der Waals surface area contributed by atoms with Crippen LogP contribution >= 0.6 is 0 Å². The maximum Gasteiger partial charge on any atom is 0.240 e. The van der Waals surface area contributed by atoms with E-state index in [2.05, 4.69) is 11.6 Å². The lowest BCUT2D eigenvalue weighted by Crippen LogP contribution is -2.31. The van der Waals surface area contributed by atoms with Crippen molar-refractivity contribution in [2.45, 2.75) is 44.4 Å². The number of halogens is 1. The Morgan fingerprint density at radius 3 is 2.52 bits per heavy atom. The van der Waals surface area contributed by atoms with Crippen molar-refractivity contribution in [2.75, 3.05) is 12.3 Å². The lowest BCUT2D eigenvalue weighted by molar-refractivity contribution is 0.290. The molecule has 1 aliphatic rings. The van der Waals surface area contributed by atoms with Crippen LogP contribution < -0.4 is 10.5 Å². The molecule has 0 radical (unpaired) electrons. The van der Waals surface area contributed by atoms with Gasteiger partial charge in [0.05, 0.1) is 10.6 Å². The molecule has 0 saturated heterocycles. The molecular formula is C15H23FN2O2S. The predicted octanol–water partition coefficient (Wildman–Crippen LogP) is 2.82. The standard InChI is InChI=1S/C15H23FN2O2S/c1-10-3-5-12(6-4-10)9-18-21(19,20)15-8-14(17)13(16)7-11(15)2/h7-8,10,12,18H,3-6,9,17H2,1-2H3. The van der Waals surface area contributed by atoms with Crippen molar-refractivity contribution in [2.24, 2.45) is 11.8 Å². The minimum Gasteiger partial charge on any atom is -0.396 e. The largest absolute Gasteiger partial charge is 0.396 e. The Bertz CT molecular complexity index is 608. The van der Waals surface area contributed by atoms with Gasteiger partial charge in [-0.15, -0.1) is 0 Å². The molecule has 1 fully saturated rings. The summed E-state index contributed by atoms with van der Waals surface area (Å²) in [5.74, 6) is 0.527. The summed E-state index contributed by atoms with van der Waals surface area (Å²) in [6.07, 6.45) is 4.40. The third-order valence-electron chi connectivity index (χ3n) is 4.28. The number of aryl methyl sites for hydroxylation is 1. The zero-order valence-corrected chi connectivity index (χ0v) is 13.3. The molecule has 4 nitrogen and oxygen atoms in total. The Kier molecular flexibility index (Phi) is 4.88. The lowest BCUT2D eigenvalue weighted by atomic mass is 9.83. The van der Waals surface area contributed by atoms with Crippen molar-refractivity contribution in [1.29, 1.82) is 0 Å². The molecule has 0 aliphatic heterocycles. The van der Waals surface area contributed by atoms with Crippen molar-refractivity contribution in [3.05, 3.63) is 23.5 Å². The number of nitrogens with one attached hydrogen (secondary N) is 1. The summed E-state index contributed by atoms with van der Waals surface area (Å²) in [7, 11) is -3.64. The highest BCUT2D eigenvalue weighted by Gasteiger charge is 2.23. The smallest absolute Gasteiger partial charge is 0.240 e. The fourth-order valence-electron chi connectivity index (χ4n) is 2.80. The van der Waals surface area contributed by atoms with Gasteiger partial charge in [-0.2, -0.15) is 0 Å². The van der Waals surface area contributed by atoms with E-state index in [9.17, 15) is 12.8 Å². The van der Waals surface area contributed by atoms with Gasteiger partial charge in [0.25, 0.3) is 0 Å². The summed E-state index contributed by atoms with van der Waals surface area (Å²) in [4.78, 5) is 0.0607. The van der Waals surface area contributed by atoms with E-state index in [1.807, 2.05) is 0 Å². The molecule has 1 aromatic rings. The first-order valence-electron chi connectivity index (χ1n) is 7.35. The molecule has 0 amide bonds. The minimum absolute atomic E-state index is 0.0607. The zero-order chi connectivity index (χ0) is 15.6. The molecular weight excluding hydrogens is 291 g/mol. The molecule has 1 saturated carbocycles. The topological polar surface area (TPSA) is 72.2 Å². The van der Waals surface area contributed by atoms with E-state index in [-0.39, 0.29) is 10.6 Å². The number of anilines is 1. The molecule has 1 aliphatic carbocycles. The maximum atomic E-state index is 13.3. The average Bonchev–Trinajstić information content (AvgIpc) is 2.42. The van der Waals surface area contributed by atoms with Gasteiger partial charge >= 0.3 is 0 Å². The second-order valence-electron chi connectivity index (χ2n) is 6.12. The van der Waals surface area contributed by atoms with E-state index in [0.29, 0.717) is 18.0 Å². The molecule has 1 aromatic carbocycles. The van der Waals surface area contributed by atoms with Crippen LogP contribution in [0, 0.1) is 24.6 Å². The number of benzene rings is 1. The summed E-state index contributed by atoms with van der Waals surface area (Å²) in [5, 5.41) is 0. The van der Waals surface area contributed by atoms with Gasteiger partial charge in [-0.1, -0.05) is 19.8 Å². The van der Waals surface area contributed by atoms with Crippen LogP contribution in [0.4, 0.5) is 10.1 Å². The van der Waals surface area contributed by atoms with Gasteiger partial charge in [-0.25, -0.2) is 17.5 Å². The predicted molar refractivity (Wildman–Crippen MR) is 81.9 cm³/mol. The molecule has 0 atom stereocenters. The van der Waals surface area contributed by atoms with Crippen LogP contribution in [-0.2, 0) is 10.0 Å². The highest BCUT2D eigenvalue weighted by molar-refractivity contribution is 7.89. The Labute approximate surface area is 126 Å². The van der Waals surface area contributed by atoms with Crippen LogP contribution in [0.3, 0.4) is 0 Å². The number of nitrogens with two attached hydrogens (primary N) is 1. The summed E-state index contributed by atoms with van der Waals surface area (Å²) in [6.45, 7) is 4.23. The van der Waals surface area contributed by atoms with Gasteiger partial charge in [0.2, 0.25) is 10.0 Å². The molecule has 0 bridgehead atoms. The van der Waals surface area contributed by atoms with Gasteiger partial charge in [0.1, 0.15) is 5.82 Å². The van der Waals surface area contributed by atoms with Crippen molar-refractivity contribution >= 4 is 15.7 Å². The third kappa shape index (κ3) is 3.95. The molecule has 2 rings (SSSR count). The van der Waals surface area contributed by atoms with E-state index in [1.54, 1.807) is 6.92 Å². The van der Waals surface area contributed by atoms with Crippen molar-refractivity contribution in [3.8, 4) is 0 Å². The van der Waals surface area contributed by atoms with Crippen LogP contribution in [0.5, 0.6) is 0 Å². The first-order valence-corrected chi connectivity index (χ1v) is 8.83. The SMILES string of the molecule is Cc1cc(F)c(N)cc1S(=O)(=O)NCC1CCC(C)CC1. The van der Waals surface area contributed by atoms with Crippen LogP contribution in [0.25, 0.3) is 0 Å². The minimum atomic E-state index is -3.64. The number of hydrogen-bond donors (Lipinski definition) is 2. The zero-order valence-electron chi connectivity index (χ0n) is 12.5. The molecule has 3 N–H and O–H groups in total. The summed E-state index contributed by atoms with van der Waals surface area (Å²) in [6, 6.07) is 2.35. The highest BCUT2D eigenvalue weighted by Crippen LogP contribution is 2.28. The van der Waals surface area contributed by atoms with E-state index >= 15 is 0 Å². The number of nitrogen functional groups attached to an aromatic ring is 1. The van der Waals surface area contributed by atoms with Gasteiger partial charge in [0.15, 0.2) is 0 Å². The average molecular weight is 314 g/mol. The van der Waals surface area contributed by atoms with Gasteiger partial charge in [-0.05, 0) is 49.3 Å². The summed E-state index contributed by atoms with van der Waals surface area (Å²) < 4.78 is 40.6. The Hall–Kier alpha value is -1.14. The summed E-state index contributed by atoms with van der Waals surface area (Å²) >= 11 is 0. The fourth-order valence-corrected chi connectivity index (χ4v) is 4.17. The number of sulfonamides is 1. The van der Waals surface area contributed by atoms with Crippen LogP contribution in [-0.4, -0.2) is 15.0 Å². The van der Waals surface area contributed by atoms with Gasteiger partial charge < -0.3 is 5.73 Å². The first-order chi connectivity index (χ1) is 9.79. The molecule has 0 aromatic heterocycles. The molecule has 0 unspecified atom stereocenters. The van der Waals surface area contributed by atoms with Crippen LogP contribution in [0.15, 0.2) is 17.0 Å². The fraction of sp³-hybridized carbons (Fsp3) is 0.600. The van der Waals surface area contributed by atoms with E-state index in [4.69, 9.17) is 5.73 Å². The number of hydrogen-bond acceptors (Lipinski definition) is 3.